The summed E-state index contributed by atoms with van der Waals surface area (Å²) in [6.07, 6.45) is 0.0478. The van der Waals surface area contributed by atoms with Crippen LogP contribution in [0.2, 0.25) is 0 Å². The number of carboxylic acids is 1. The van der Waals surface area contributed by atoms with E-state index in [1.54, 1.807) is 24.3 Å². The first kappa shape index (κ1) is 14.1. The molecular weight excluding hydrogens is 258 g/mol. The molecule has 1 fully saturated rings. The summed E-state index contributed by atoms with van der Waals surface area (Å²) in [4.78, 5) is 24.3. The molecule has 1 amide bonds. The van der Waals surface area contributed by atoms with Gasteiger partial charge in [0.1, 0.15) is 12.4 Å². The van der Waals surface area contributed by atoms with Gasteiger partial charge in [-0.3, -0.25) is 9.59 Å². The maximum atomic E-state index is 11.9. The van der Waals surface area contributed by atoms with Crippen LogP contribution in [0.4, 0.5) is 5.69 Å². The molecule has 0 bridgehead atoms. The summed E-state index contributed by atoms with van der Waals surface area (Å²) in [5.41, 5.74) is 1.57. The highest BCUT2D eigenvalue weighted by molar-refractivity contribution is 5.99. The zero-order chi connectivity index (χ0) is 14.7. The number of carbonyl (C=O) groups is 2. The molecule has 1 heterocycles. The third-order valence-electron chi connectivity index (χ3n) is 3.09. The SMILES string of the molecule is C=C(C)COc1cccc(N2CC(C(=O)O)CC2=O)c1. The molecule has 106 valence electrons. The molecule has 20 heavy (non-hydrogen) atoms. The first-order valence-electron chi connectivity index (χ1n) is 6.38. The molecule has 1 aromatic carbocycles. The van der Waals surface area contributed by atoms with Crippen LogP contribution in [-0.2, 0) is 9.59 Å². The average molecular weight is 275 g/mol. The van der Waals surface area contributed by atoms with Gasteiger partial charge in [0.15, 0.2) is 0 Å². The number of aliphatic carboxylic acids is 1. The zero-order valence-corrected chi connectivity index (χ0v) is 11.3. The summed E-state index contributed by atoms with van der Waals surface area (Å²) in [5.74, 6) is -1.11. The van der Waals surface area contributed by atoms with Gasteiger partial charge in [0.05, 0.1) is 5.92 Å². The normalized spacial score (nSPS) is 18.1. The highest BCUT2D eigenvalue weighted by atomic mass is 16.5. The molecular formula is C15H17NO4. The molecule has 1 atom stereocenters. The number of benzene rings is 1. The van der Waals surface area contributed by atoms with Gasteiger partial charge in [-0.25, -0.2) is 0 Å². The number of nitrogens with zero attached hydrogens (tertiary/aromatic N) is 1. The van der Waals surface area contributed by atoms with Crippen LogP contribution in [0.3, 0.4) is 0 Å². The van der Waals surface area contributed by atoms with Crippen molar-refractivity contribution >= 4 is 17.6 Å². The van der Waals surface area contributed by atoms with Gasteiger partial charge in [-0.15, -0.1) is 0 Å². The summed E-state index contributed by atoms with van der Waals surface area (Å²) >= 11 is 0. The number of amides is 1. The fourth-order valence-electron chi connectivity index (χ4n) is 2.07. The van der Waals surface area contributed by atoms with E-state index < -0.39 is 11.9 Å². The molecule has 0 spiro atoms. The van der Waals surface area contributed by atoms with Gasteiger partial charge >= 0.3 is 5.97 Å². The highest BCUT2D eigenvalue weighted by Gasteiger charge is 2.35. The Balaban J connectivity index is 2.13. The topological polar surface area (TPSA) is 66.8 Å². The van der Waals surface area contributed by atoms with E-state index in [9.17, 15) is 9.59 Å². The minimum Gasteiger partial charge on any atom is -0.489 e. The number of hydrogen-bond acceptors (Lipinski definition) is 3. The van der Waals surface area contributed by atoms with E-state index in [0.29, 0.717) is 18.0 Å². The van der Waals surface area contributed by atoms with E-state index in [0.717, 1.165) is 5.57 Å². The Labute approximate surface area is 117 Å². The van der Waals surface area contributed by atoms with Crippen molar-refractivity contribution < 1.29 is 19.4 Å². The van der Waals surface area contributed by atoms with Crippen LogP contribution in [-0.4, -0.2) is 30.1 Å². The standard InChI is InChI=1S/C15H17NO4/c1-10(2)9-20-13-5-3-4-12(7-13)16-8-11(15(18)19)6-14(16)17/h3-5,7,11H,1,6,8-9H2,2H3,(H,18,19). The molecule has 1 aliphatic rings. The maximum Gasteiger partial charge on any atom is 0.308 e. The summed E-state index contributed by atoms with van der Waals surface area (Å²) in [7, 11) is 0. The lowest BCUT2D eigenvalue weighted by Gasteiger charge is -2.17. The largest absolute Gasteiger partial charge is 0.489 e. The third kappa shape index (κ3) is 3.17. The smallest absolute Gasteiger partial charge is 0.308 e. The number of anilines is 1. The number of carboxylic acid groups (broad SMARTS) is 1. The van der Waals surface area contributed by atoms with Gasteiger partial charge in [0.2, 0.25) is 5.91 Å². The molecule has 0 saturated carbocycles. The molecule has 5 nitrogen and oxygen atoms in total. The van der Waals surface area contributed by atoms with Crippen LogP contribution in [0.15, 0.2) is 36.4 Å². The lowest BCUT2D eigenvalue weighted by atomic mass is 10.1. The van der Waals surface area contributed by atoms with E-state index in [4.69, 9.17) is 9.84 Å². The predicted molar refractivity (Wildman–Crippen MR) is 74.8 cm³/mol. The molecule has 1 N–H and O–H groups in total. The number of hydrogen-bond donors (Lipinski definition) is 1. The van der Waals surface area contributed by atoms with E-state index in [-0.39, 0.29) is 18.9 Å². The fourth-order valence-corrected chi connectivity index (χ4v) is 2.07. The molecule has 0 aromatic heterocycles. The second-order valence-corrected chi connectivity index (χ2v) is 4.99. The number of carbonyl (C=O) groups excluding carboxylic acids is 1. The van der Waals surface area contributed by atoms with Crippen LogP contribution in [0, 0.1) is 5.92 Å². The molecule has 0 aliphatic carbocycles. The zero-order valence-electron chi connectivity index (χ0n) is 11.3. The summed E-state index contributed by atoms with van der Waals surface area (Å²) < 4.78 is 5.52. The van der Waals surface area contributed by atoms with E-state index in [1.807, 2.05) is 6.92 Å². The second-order valence-electron chi connectivity index (χ2n) is 4.99. The minimum absolute atomic E-state index is 0.0478. The van der Waals surface area contributed by atoms with Gasteiger partial charge < -0.3 is 14.7 Å². The van der Waals surface area contributed by atoms with E-state index in [1.165, 1.54) is 4.90 Å². The van der Waals surface area contributed by atoms with Crippen LogP contribution >= 0.6 is 0 Å². The lowest BCUT2D eigenvalue weighted by Crippen LogP contribution is -2.25. The van der Waals surface area contributed by atoms with Crippen molar-refractivity contribution in [2.75, 3.05) is 18.1 Å². The van der Waals surface area contributed by atoms with Crippen LogP contribution < -0.4 is 9.64 Å². The summed E-state index contributed by atoms with van der Waals surface area (Å²) in [6, 6.07) is 7.09. The molecule has 1 aromatic rings. The molecule has 1 saturated heterocycles. The molecule has 0 radical (unpaired) electrons. The number of rotatable bonds is 5. The van der Waals surface area contributed by atoms with Crippen molar-refractivity contribution in [3.8, 4) is 5.75 Å². The second kappa shape index (κ2) is 5.77. The van der Waals surface area contributed by atoms with E-state index in [2.05, 4.69) is 6.58 Å². The van der Waals surface area contributed by atoms with Crippen molar-refractivity contribution in [1.29, 1.82) is 0 Å². The summed E-state index contributed by atoms with van der Waals surface area (Å²) in [5, 5.41) is 8.98. The van der Waals surface area contributed by atoms with Crippen molar-refractivity contribution in [2.45, 2.75) is 13.3 Å². The molecule has 1 unspecified atom stereocenters. The van der Waals surface area contributed by atoms with Crippen molar-refractivity contribution in [3.63, 3.8) is 0 Å². The third-order valence-corrected chi connectivity index (χ3v) is 3.09. The van der Waals surface area contributed by atoms with Crippen molar-refractivity contribution in [1.82, 2.24) is 0 Å². The Morgan fingerprint density at radius 1 is 1.55 bits per heavy atom. The number of ether oxygens (including phenoxy) is 1. The Kier molecular flexibility index (Phi) is 4.08. The monoisotopic (exact) mass is 275 g/mol. The van der Waals surface area contributed by atoms with Crippen LogP contribution in [0.25, 0.3) is 0 Å². The van der Waals surface area contributed by atoms with Crippen molar-refractivity contribution in [2.24, 2.45) is 5.92 Å². The van der Waals surface area contributed by atoms with Crippen LogP contribution in [0.5, 0.6) is 5.75 Å². The van der Waals surface area contributed by atoms with Gasteiger partial charge in [0, 0.05) is 24.7 Å². The Bertz CT molecular complexity index is 553. The Morgan fingerprint density at radius 2 is 2.30 bits per heavy atom. The Morgan fingerprint density at radius 3 is 2.90 bits per heavy atom. The molecule has 2 rings (SSSR count). The predicted octanol–water partition coefficient (Wildman–Crippen LogP) is 2.08. The average Bonchev–Trinajstić information content (AvgIpc) is 2.79. The van der Waals surface area contributed by atoms with Gasteiger partial charge in [-0.05, 0) is 24.6 Å². The molecule has 5 heteroatoms. The maximum absolute atomic E-state index is 11.9. The first-order valence-corrected chi connectivity index (χ1v) is 6.38. The summed E-state index contributed by atoms with van der Waals surface area (Å²) in [6.45, 7) is 6.24. The Hall–Kier alpha value is -2.30. The van der Waals surface area contributed by atoms with Crippen molar-refractivity contribution in [3.05, 3.63) is 36.4 Å². The van der Waals surface area contributed by atoms with Gasteiger partial charge in [-0.2, -0.15) is 0 Å². The minimum atomic E-state index is -0.935. The highest BCUT2D eigenvalue weighted by Crippen LogP contribution is 2.28. The quantitative estimate of drug-likeness (QED) is 0.835. The van der Waals surface area contributed by atoms with E-state index >= 15 is 0 Å². The van der Waals surface area contributed by atoms with Gasteiger partial charge in [0.25, 0.3) is 0 Å². The fraction of sp³-hybridized carbons (Fsp3) is 0.333. The lowest BCUT2D eigenvalue weighted by molar-refractivity contribution is -0.141. The molecule has 1 aliphatic heterocycles. The van der Waals surface area contributed by atoms with Gasteiger partial charge in [-0.1, -0.05) is 12.6 Å². The first-order chi connectivity index (χ1) is 9.47. The van der Waals surface area contributed by atoms with Crippen LogP contribution in [0.1, 0.15) is 13.3 Å².